The van der Waals surface area contributed by atoms with E-state index >= 15 is 0 Å². The van der Waals surface area contributed by atoms with Crippen LogP contribution in [0.1, 0.15) is 17.9 Å². The molecule has 24 heavy (non-hydrogen) atoms. The smallest absolute Gasteiger partial charge is 0.132 e. The Morgan fingerprint density at radius 3 is 2.75 bits per heavy atom. The van der Waals surface area contributed by atoms with Crippen molar-refractivity contribution in [3.63, 3.8) is 0 Å². The second-order valence-corrected chi connectivity index (χ2v) is 7.73. The van der Waals surface area contributed by atoms with E-state index in [9.17, 15) is 5.11 Å². The van der Waals surface area contributed by atoms with Crippen molar-refractivity contribution in [1.29, 1.82) is 0 Å². The normalized spacial score (nSPS) is 15.6. The van der Waals surface area contributed by atoms with Crippen molar-refractivity contribution in [2.24, 2.45) is 0 Å². The first-order chi connectivity index (χ1) is 11.6. The molecule has 2 aromatic carbocycles. The minimum absolute atomic E-state index is 0.275. The number of benzene rings is 2. The van der Waals surface area contributed by atoms with E-state index in [0.717, 1.165) is 22.0 Å². The monoisotopic (exact) mass is 355 g/mol. The molecule has 0 saturated heterocycles. The highest BCUT2D eigenvalue weighted by Gasteiger charge is 2.38. The number of nitrogens with zero attached hydrogens (tertiary/aromatic N) is 3. The van der Waals surface area contributed by atoms with Crippen LogP contribution >= 0.6 is 23.1 Å². The van der Waals surface area contributed by atoms with Gasteiger partial charge in [0.15, 0.2) is 0 Å². The number of hydrogen-bond acceptors (Lipinski definition) is 5. The maximum Gasteiger partial charge on any atom is 0.132 e. The lowest BCUT2D eigenvalue weighted by atomic mass is 9.95. The van der Waals surface area contributed by atoms with E-state index in [1.54, 1.807) is 23.1 Å². The Hall–Kier alpha value is -1.89. The molecular weight excluding hydrogens is 338 g/mol. The molecule has 2 aromatic heterocycles. The lowest BCUT2D eigenvalue weighted by molar-refractivity contribution is 0.0331. The largest absolute Gasteiger partial charge is 0.382 e. The second-order valence-electron chi connectivity index (χ2n) is 5.90. The SMILES string of the molecule is CSC(n1nnc2ccccc21)C(C)(O)c1csc2ccccc12. The van der Waals surface area contributed by atoms with E-state index in [0.29, 0.717) is 0 Å². The first-order valence-corrected chi connectivity index (χ1v) is 9.81. The molecule has 4 rings (SSSR count). The Morgan fingerprint density at radius 2 is 1.92 bits per heavy atom. The molecule has 6 heteroatoms. The van der Waals surface area contributed by atoms with E-state index in [4.69, 9.17) is 0 Å². The molecule has 2 atom stereocenters. The predicted octanol–water partition coefficient (Wildman–Crippen LogP) is 4.42. The van der Waals surface area contributed by atoms with E-state index < -0.39 is 5.60 Å². The van der Waals surface area contributed by atoms with Crippen LogP contribution in [0.3, 0.4) is 0 Å². The summed E-state index contributed by atoms with van der Waals surface area (Å²) in [6.07, 6.45) is 1.99. The van der Waals surface area contributed by atoms with E-state index in [1.807, 2.05) is 59.6 Å². The summed E-state index contributed by atoms with van der Waals surface area (Å²) in [4.78, 5) is 0. The molecule has 0 amide bonds. The number of thioether (sulfide) groups is 1. The summed E-state index contributed by atoms with van der Waals surface area (Å²) in [6.45, 7) is 1.86. The first-order valence-electron chi connectivity index (χ1n) is 7.64. The summed E-state index contributed by atoms with van der Waals surface area (Å²) < 4.78 is 3.00. The standard InChI is InChI=1S/C18H17N3OS2/c1-18(22,13-11-24-16-10-6-3-7-12(13)16)17(23-2)21-15-9-5-4-8-14(15)19-20-21/h3-11,17,22H,1-2H3. The van der Waals surface area contributed by atoms with Crippen molar-refractivity contribution in [1.82, 2.24) is 15.0 Å². The zero-order valence-electron chi connectivity index (χ0n) is 13.4. The van der Waals surface area contributed by atoms with Crippen molar-refractivity contribution in [2.45, 2.75) is 17.9 Å². The minimum Gasteiger partial charge on any atom is -0.382 e. The topological polar surface area (TPSA) is 50.9 Å². The summed E-state index contributed by atoms with van der Waals surface area (Å²) in [7, 11) is 0. The summed E-state index contributed by atoms with van der Waals surface area (Å²) in [5.74, 6) is 0. The lowest BCUT2D eigenvalue weighted by Gasteiger charge is -2.32. The average molecular weight is 355 g/mol. The van der Waals surface area contributed by atoms with Gasteiger partial charge in [0.1, 0.15) is 16.5 Å². The van der Waals surface area contributed by atoms with Crippen LogP contribution in [0.2, 0.25) is 0 Å². The Bertz CT molecular complexity index is 1010. The van der Waals surface area contributed by atoms with Gasteiger partial charge >= 0.3 is 0 Å². The molecule has 0 saturated carbocycles. The van der Waals surface area contributed by atoms with Gasteiger partial charge in [-0.05, 0) is 42.1 Å². The minimum atomic E-state index is -1.07. The van der Waals surface area contributed by atoms with Crippen molar-refractivity contribution in [3.8, 4) is 0 Å². The number of aromatic nitrogens is 3. The molecular formula is C18H17N3OS2. The van der Waals surface area contributed by atoms with E-state index in [2.05, 4.69) is 22.4 Å². The maximum absolute atomic E-state index is 11.5. The number of rotatable bonds is 4. The summed E-state index contributed by atoms with van der Waals surface area (Å²) in [5, 5.41) is 22.9. The molecule has 0 aliphatic rings. The fraction of sp³-hybridized carbons (Fsp3) is 0.222. The van der Waals surface area contributed by atoms with Gasteiger partial charge in [-0.3, -0.25) is 0 Å². The summed E-state index contributed by atoms with van der Waals surface area (Å²) in [6, 6.07) is 16.0. The molecule has 0 spiro atoms. The maximum atomic E-state index is 11.5. The number of hydrogen-bond donors (Lipinski definition) is 1. The molecule has 0 aliphatic heterocycles. The Kier molecular flexibility index (Phi) is 3.83. The van der Waals surface area contributed by atoms with Gasteiger partial charge in [-0.25, -0.2) is 4.68 Å². The molecule has 0 radical (unpaired) electrons. The Balaban J connectivity index is 1.87. The molecule has 0 bridgehead atoms. The van der Waals surface area contributed by atoms with Crippen LogP contribution in [0.4, 0.5) is 0 Å². The average Bonchev–Trinajstić information content (AvgIpc) is 3.20. The van der Waals surface area contributed by atoms with Crippen molar-refractivity contribution < 1.29 is 5.11 Å². The van der Waals surface area contributed by atoms with Crippen LogP contribution in [0, 0.1) is 0 Å². The molecule has 1 N–H and O–H groups in total. The van der Waals surface area contributed by atoms with Crippen molar-refractivity contribution >= 4 is 44.2 Å². The third kappa shape index (κ3) is 2.33. The molecule has 0 fully saturated rings. The summed E-state index contributed by atoms with van der Waals surface area (Å²) in [5.41, 5.74) is 1.62. The van der Waals surface area contributed by atoms with Gasteiger partial charge in [-0.2, -0.15) is 0 Å². The number of aliphatic hydroxyl groups is 1. The van der Waals surface area contributed by atoms with Crippen molar-refractivity contribution in [3.05, 3.63) is 59.5 Å². The van der Waals surface area contributed by atoms with Gasteiger partial charge in [0.25, 0.3) is 0 Å². The van der Waals surface area contributed by atoms with Gasteiger partial charge in [0, 0.05) is 10.3 Å². The van der Waals surface area contributed by atoms with Crippen LogP contribution in [0.15, 0.2) is 53.9 Å². The highest BCUT2D eigenvalue weighted by molar-refractivity contribution is 7.98. The van der Waals surface area contributed by atoms with Crippen LogP contribution in [-0.2, 0) is 5.60 Å². The predicted molar refractivity (Wildman–Crippen MR) is 101 cm³/mol. The zero-order chi connectivity index (χ0) is 16.7. The molecule has 4 aromatic rings. The number of fused-ring (bicyclic) bond motifs is 2. The van der Waals surface area contributed by atoms with E-state index in [1.165, 1.54) is 4.70 Å². The highest BCUT2D eigenvalue weighted by atomic mass is 32.2. The Labute approximate surface area is 148 Å². The zero-order valence-corrected chi connectivity index (χ0v) is 15.0. The molecule has 2 unspecified atom stereocenters. The fourth-order valence-corrected chi connectivity index (χ4v) is 5.14. The van der Waals surface area contributed by atoms with Crippen LogP contribution < -0.4 is 0 Å². The van der Waals surface area contributed by atoms with Crippen LogP contribution in [0.25, 0.3) is 21.1 Å². The highest BCUT2D eigenvalue weighted by Crippen LogP contribution is 2.44. The quantitative estimate of drug-likeness (QED) is 0.589. The Morgan fingerprint density at radius 1 is 1.17 bits per heavy atom. The molecule has 4 nitrogen and oxygen atoms in total. The molecule has 122 valence electrons. The number of para-hydroxylation sites is 1. The van der Waals surface area contributed by atoms with Gasteiger partial charge < -0.3 is 5.11 Å². The lowest BCUT2D eigenvalue weighted by Crippen LogP contribution is -2.32. The fourth-order valence-electron chi connectivity index (χ4n) is 3.13. The molecule has 2 heterocycles. The number of thiophene rings is 1. The van der Waals surface area contributed by atoms with Gasteiger partial charge in [0.2, 0.25) is 0 Å². The third-order valence-electron chi connectivity index (χ3n) is 4.33. The molecule has 0 aliphatic carbocycles. The van der Waals surface area contributed by atoms with Gasteiger partial charge in [-0.15, -0.1) is 28.2 Å². The summed E-state index contributed by atoms with van der Waals surface area (Å²) >= 11 is 3.23. The second kappa shape index (κ2) is 5.88. The first kappa shape index (κ1) is 15.6. The van der Waals surface area contributed by atoms with Crippen molar-refractivity contribution in [2.75, 3.05) is 6.26 Å². The van der Waals surface area contributed by atoms with Gasteiger partial charge in [-0.1, -0.05) is 35.5 Å². The third-order valence-corrected chi connectivity index (χ3v) is 6.40. The van der Waals surface area contributed by atoms with E-state index in [-0.39, 0.29) is 5.37 Å². The van der Waals surface area contributed by atoms with Crippen LogP contribution in [0.5, 0.6) is 0 Å². The van der Waals surface area contributed by atoms with Gasteiger partial charge in [0.05, 0.1) is 5.52 Å². The van der Waals surface area contributed by atoms with Crippen LogP contribution in [-0.4, -0.2) is 26.4 Å².